The number of aromatic amines is 2. The van der Waals surface area contributed by atoms with E-state index in [4.69, 9.17) is 14.7 Å². The van der Waals surface area contributed by atoms with E-state index in [1.54, 1.807) is 0 Å². The summed E-state index contributed by atoms with van der Waals surface area (Å²) in [5, 5.41) is 2.74. The highest BCUT2D eigenvalue weighted by Crippen LogP contribution is 2.48. The lowest BCUT2D eigenvalue weighted by Crippen LogP contribution is -2.48. The lowest BCUT2D eigenvalue weighted by atomic mass is 9.62. The molecule has 4 heterocycles. The minimum absolute atomic E-state index is 0.00343. The molecule has 4 aromatic rings. The highest BCUT2D eigenvalue weighted by Gasteiger charge is 2.43. The summed E-state index contributed by atoms with van der Waals surface area (Å²) in [6.45, 7) is 10.3. The molecule has 0 radical (unpaired) electrons. The number of hydrogen-bond acceptors (Lipinski definition) is 7. The molecule has 2 aromatic carbocycles. The summed E-state index contributed by atoms with van der Waals surface area (Å²) in [6.07, 6.45) is 11.0. The second kappa shape index (κ2) is 16.5. The SMILES string of the molecule is COC(=O)N[C@@H](C(=O)N1CCC[C@H]1c1ncc(-c2ccc(C3(C)CCC(C)(c4cnc([C@@H]5CCCN5C(=O)[C@H](C(C)C)N(C)C)[nH]4)CC3)cc2)[nH]1)c1ccccc1. The predicted molar refractivity (Wildman–Crippen MR) is 220 cm³/mol. The van der Waals surface area contributed by atoms with E-state index < -0.39 is 12.1 Å². The van der Waals surface area contributed by atoms with Crippen molar-refractivity contribution in [1.29, 1.82) is 0 Å². The average molecular weight is 777 g/mol. The first kappa shape index (κ1) is 40.2. The average Bonchev–Trinajstić information content (AvgIpc) is 4.05. The Kier molecular flexibility index (Phi) is 11.6. The number of benzene rings is 2. The van der Waals surface area contributed by atoms with Gasteiger partial charge in [0.05, 0.1) is 37.1 Å². The van der Waals surface area contributed by atoms with Crippen LogP contribution in [0.25, 0.3) is 11.3 Å². The third-order valence-corrected chi connectivity index (χ3v) is 13.2. The number of methoxy groups -OCH3 is 1. The number of carbonyl (C=O) groups excluding carboxylic acids is 3. The van der Waals surface area contributed by atoms with Crippen molar-refractivity contribution >= 4 is 17.9 Å². The zero-order chi connectivity index (χ0) is 40.5. The summed E-state index contributed by atoms with van der Waals surface area (Å²) >= 11 is 0. The Hall–Kier alpha value is -4.97. The Morgan fingerprint density at radius 2 is 1.39 bits per heavy atom. The van der Waals surface area contributed by atoms with Crippen LogP contribution in [-0.4, -0.2) is 92.9 Å². The molecular weight excluding hydrogens is 717 g/mol. The zero-order valence-corrected chi connectivity index (χ0v) is 34.7. The standard InChI is InChI=1S/C45H60N8O4/c1-29(2)38(51(5)6)42(55)53-26-12-16-35(53)40-47-28-36(49-40)45(4)23-21-44(3,22-24-45)32-19-17-30(18-20-32)33-27-46-39(48-33)34-15-11-25-52(34)41(54)37(50-43(56)57-7)31-13-9-8-10-14-31/h8-10,13-14,17-20,27-29,34-35,37-38H,11-12,15-16,21-26H2,1-7H3,(H,46,48)(H,47,49)(H,50,56)/t34-,35-,37+,38-,44?,45?/m0/s1. The molecule has 2 aromatic heterocycles. The molecule has 57 heavy (non-hydrogen) atoms. The quantitative estimate of drug-likeness (QED) is 0.143. The Morgan fingerprint density at radius 3 is 1.98 bits per heavy atom. The number of carbonyl (C=O) groups is 3. The molecular formula is C45H60N8O4. The van der Waals surface area contributed by atoms with E-state index in [2.05, 4.69) is 72.1 Å². The number of likely N-dealkylation sites (tertiary alicyclic amines) is 2. The fourth-order valence-corrected chi connectivity index (χ4v) is 9.61. The molecule has 3 N–H and O–H groups in total. The van der Waals surface area contributed by atoms with Crippen LogP contribution in [0.1, 0.15) is 126 Å². The number of nitrogens with one attached hydrogen (secondary N) is 3. The molecule has 3 amide bonds. The Labute approximate surface area is 337 Å². The van der Waals surface area contributed by atoms with Crippen molar-refractivity contribution in [3.63, 3.8) is 0 Å². The highest BCUT2D eigenvalue weighted by molar-refractivity contribution is 5.87. The topological polar surface area (TPSA) is 140 Å². The Bertz CT molecular complexity index is 2010. The van der Waals surface area contributed by atoms with Crippen LogP contribution in [-0.2, 0) is 25.2 Å². The fraction of sp³-hybridized carbons (Fsp3) is 0.533. The van der Waals surface area contributed by atoms with Crippen LogP contribution in [0, 0.1) is 5.92 Å². The van der Waals surface area contributed by atoms with Crippen molar-refractivity contribution in [3.8, 4) is 11.3 Å². The van der Waals surface area contributed by atoms with Crippen molar-refractivity contribution in [2.45, 2.75) is 114 Å². The van der Waals surface area contributed by atoms with Gasteiger partial charge in [0.25, 0.3) is 5.91 Å². The molecule has 0 bridgehead atoms. The second-order valence-corrected chi connectivity index (χ2v) is 17.6. The van der Waals surface area contributed by atoms with Crippen molar-refractivity contribution in [2.75, 3.05) is 34.3 Å². The lowest BCUT2D eigenvalue weighted by molar-refractivity contribution is -0.138. The number of ether oxygens (including phenoxy) is 1. The van der Waals surface area contributed by atoms with E-state index in [9.17, 15) is 14.4 Å². The van der Waals surface area contributed by atoms with Gasteiger partial charge in [0, 0.05) is 30.4 Å². The summed E-state index contributed by atoms with van der Waals surface area (Å²) < 4.78 is 4.85. The van der Waals surface area contributed by atoms with E-state index in [1.165, 1.54) is 18.4 Å². The largest absolute Gasteiger partial charge is 0.453 e. The molecule has 1 aliphatic carbocycles. The van der Waals surface area contributed by atoms with E-state index in [1.807, 2.05) is 66.6 Å². The van der Waals surface area contributed by atoms with E-state index in [0.29, 0.717) is 12.1 Å². The minimum Gasteiger partial charge on any atom is -0.453 e. The summed E-state index contributed by atoms with van der Waals surface area (Å²) in [6, 6.07) is 16.9. The Morgan fingerprint density at radius 1 is 0.807 bits per heavy atom. The predicted octanol–water partition coefficient (Wildman–Crippen LogP) is 7.60. The van der Waals surface area contributed by atoms with Gasteiger partial charge in [-0.15, -0.1) is 0 Å². The number of hydrogen-bond donors (Lipinski definition) is 3. The van der Waals surface area contributed by atoms with Crippen LogP contribution in [0.2, 0.25) is 0 Å². The summed E-state index contributed by atoms with van der Waals surface area (Å²) in [4.78, 5) is 62.7. The number of nitrogens with zero attached hydrogens (tertiary/aromatic N) is 5. The lowest BCUT2D eigenvalue weighted by Gasteiger charge is -2.43. The van der Waals surface area contributed by atoms with Crippen LogP contribution in [0.3, 0.4) is 0 Å². The molecule has 4 atom stereocenters. The summed E-state index contributed by atoms with van der Waals surface area (Å²) in [5.74, 6) is 1.91. The number of alkyl carbamates (subject to hydrolysis) is 1. The van der Waals surface area contributed by atoms with Crippen LogP contribution < -0.4 is 5.32 Å². The van der Waals surface area contributed by atoms with Gasteiger partial charge in [0.1, 0.15) is 17.7 Å². The van der Waals surface area contributed by atoms with Gasteiger partial charge in [-0.1, -0.05) is 82.3 Å². The highest BCUT2D eigenvalue weighted by atomic mass is 16.5. The molecule has 1 saturated carbocycles. The third-order valence-electron chi connectivity index (χ3n) is 13.2. The first-order valence-corrected chi connectivity index (χ1v) is 20.7. The molecule has 12 heteroatoms. The van der Waals surface area contributed by atoms with Gasteiger partial charge >= 0.3 is 6.09 Å². The fourth-order valence-electron chi connectivity index (χ4n) is 9.61. The number of likely N-dealkylation sites (N-methyl/N-ethyl adjacent to an activating group) is 1. The maximum atomic E-state index is 13.9. The van der Waals surface area contributed by atoms with Gasteiger partial charge in [-0.25, -0.2) is 14.8 Å². The van der Waals surface area contributed by atoms with Gasteiger partial charge in [-0.3, -0.25) is 14.5 Å². The molecule has 3 fully saturated rings. The molecule has 2 saturated heterocycles. The van der Waals surface area contributed by atoms with Crippen LogP contribution >= 0.6 is 0 Å². The van der Waals surface area contributed by atoms with Gasteiger partial charge < -0.3 is 29.8 Å². The first-order valence-electron chi connectivity index (χ1n) is 20.7. The van der Waals surface area contributed by atoms with Crippen LogP contribution in [0.4, 0.5) is 4.79 Å². The van der Waals surface area contributed by atoms with Crippen molar-refractivity contribution < 1.29 is 19.1 Å². The summed E-state index contributed by atoms with van der Waals surface area (Å²) in [5.41, 5.74) is 5.19. The van der Waals surface area contributed by atoms with E-state index in [-0.39, 0.29) is 46.7 Å². The molecule has 12 nitrogen and oxygen atoms in total. The van der Waals surface area contributed by atoms with E-state index >= 15 is 0 Å². The first-order chi connectivity index (χ1) is 27.3. The molecule has 7 rings (SSSR count). The molecule has 3 aliphatic rings. The molecule has 0 spiro atoms. The van der Waals surface area contributed by atoms with Crippen molar-refractivity contribution in [2.24, 2.45) is 5.92 Å². The molecule has 304 valence electrons. The van der Waals surface area contributed by atoms with Gasteiger partial charge in [-0.2, -0.15) is 0 Å². The number of aromatic nitrogens is 4. The van der Waals surface area contributed by atoms with Crippen molar-refractivity contribution in [3.05, 3.63) is 95.5 Å². The van der Waals surface area contributed by atoms with Gasteiger partial charge in [0.2, 0.25) is 5.91 Å². The van der Waals surface area contributed by atoms with Gasteiger partial charge in [0.15, 0.2) is 0 Å². The summed E-state index contributed by atoms with van der Waals surface area (Å²) in [7, 11) is 5.28. The zero-order valence-electron chi connectivity index (χ0n) is 34.7. The number of imidazole rings is 2. The van der Waals surface area contributed by atoms with Crippen molar-refractivity contribution in [1.82, 2.24) is 40.0 Å². The normalized spacial score (nSPS) is 24.9. The molecule has 2 aliphatic heterocycles. The maximum absolute atomic E-state index is 13.9. The van der Waals surface area contributed by atoms with Crippen LogP contribution in [0.5, 0.6) is 0 Å². The van der Waals surface area contributed by atoms with Gasteiger partial charge in [-0.05, 0) is 93.5 Å². The smallest absolute Gasteiger partial charge is 0.407 e. The second-order valence-electron chi connectivity index (χ2n) is 17.6. The molecule has 0 unspecified atom stereocenters. The minimum atomic E-state index is -0.858. The monoisotopic (exact) mass is 776 g/mol. The number of amides is 3. The number of H-pyrrole nitrogens is 2. The Balaban J connectivity index is 0.998. The van der Waals surface area contributed by atoms with E-state index in [0.717, 1.165) is 80.8 Å². The maximum Gasteiger partial charge on any atom is 0.407 e. The third kappa shape index (κ3) is 8.10. The van der Waals surface area contributed by atoms with Crippen LogP contribution in [0.15, 0.2) is 67.0 Å². The number of rotatable bonds is 11.